The van der Waals surface area contributed by atoms with E-state index in [2.05, 4.69) is 14.9 Å². The highest BCUT2D eigenvalue weighted by molar-refractivity contribution is 7.13. The van der Waals surface area contributed by atoms with Crippen molar-refractivity contribution >= 4 is 34.4 Å². The molecule has 0 bridgehead atoms. The summed E-state index contributed by atoms with van der Waals surface area (Å²) >= 11 is 1.19. The number of anilines is 1. The maximum atomic E-state index is 11.0. The van der Waals surface area contributed by atoms with Crippen molar-refractivity contribution < 1.29 is 19.2 Å². The van der Waals surface area contributed by atoms with Crippen molar-refractivity contribution in [2.24, 2.45) is 5.16 Å². The molecule has 1 unspecified atom stereocenters. The number of aromatic nitrogens is 1. The molecule has 0 saturated heterocycles. The van der Waals surface area contributed by atoms with E-state index in [4.69, 9.17) is 10.6 Å². The monoisotopic (exact) mass is 271 g/mol. The summed E-state index contributed by atoms with van der Waals surface area (Å²) < 4.78 is 4.48. The second kappa shape index (κ2) is 6.70. The van der Waals surface area contributed by atoms with Crippen LogP contribution in [0.2, 0.25) is 0 Å². The van der Waals surface area contributed by atoms with Crippen molar-refractivity contribution in [3.63, 3.8) is 0 Å². The van der Waals surface area contributed by atoms with Crippen molar-refractivity contribution in [1.29, 1.82) is 0 Å². The fraction of sp³-hybridized carbons (Fsp3) is 0.400. The molecule has 98 valence electrons. The van der Waals surface area contributed by atoms with E-state index in [1.165, 1.54) is 18.4 Å². The van der Waals surface area contributed by atoms with Crippen LogP contribution in [-0.2, 0) is 19.2 Å². The van der Waals surface area contributed by atoms with Gasteiger partial charge in [0.15, 0.2) is 17.1 Å². The van der Waals surface area contributed by atoms with Gasteiger partial charge in [0.25, 0.3) is 0 Å². The molecule has 7 nitrogen and oxygen atoms in total. The van der Waals surface area contributed by atoms with E-state index in [9.17, 15) is 9.59 Å². The number of hydrogen-bond donors (Lipinski definition) is 1. The predicted octanol–water partition coefficient (Wildman–Crippen LogP) is 0.596. The third-order valence-corrected chi connectivity index (χ3v) is 2.58. The number of methoxy groups -OCH3 is 1. The topological polar surface area (TPSA) is 104 Å². The molecule has 0 fully saturated rings. The van der Waals surface area contributed by atoms with E-state index in [1.807, 2.05) is 0 Å². The number of nitrogen functional groups attached to an aromatic ring is 1. The number of carbonyl (C=O) groups is 2. The Bertz CT molecular complexity index is 458. The number of oxime groups is 1. The first-order chi connectivity index (χ1) is 8.56. The Kier molecular flexibility index (Phi) is 5.25. The van der Waals surface area contributed by atoms with E-state index in [-0.39, 0.29) is 12.1 Å². The average molecular weight is 271 g/mol. The van der Waals surface area contributed by atoms with Gasteiger partial charge in [0.2, 0.25) is 0 Å². The van der Waals surface area contributed by atoms with Crippen molar-refractivity contribution in [3.05, 3.63) is 11.1 Å². The van der Waals surface area contributed by atoms with Crippen molar-refractivity contribution in [2.45, 2.75) is 19.4 Å². The third kappa shape index (κ3) is 4.13. The minimum Gasteiger partial charge on any atom is -0.469 e. The first kappa shape index (κ1) is 14.1. The molecule has 1 heterocycles. The lowest BCUT2D eigenvalue weighted by molar-refractivity contribution is -0.143. The van der Waals surface area contributed by atoms with Gasteiger partial charge in [-0.25, -0.2) is 4.98 Å². The molecule has 0 aliphatic carbocycles. The average Bonchev–Trinajstić information content (AvgIpc) is 2.76. The molecule has 0 aliphatic heterocycles. The lowest BCUT2D eigenvalue weighted by atomic mass is 10.3. The number of rotatable bonds is 6. The second-order valence-corrected chi connectivity index (χ2v) is 4.25. The maximum Gasteiger partial charge on any atom is 0.309 e. The largest absolute Gasteiger partial charge is 0.469 e. The molecule has 0 amide bonds. The molecular weight excluding hydrogens is 258 g/mol. The predicted molar refractivity (Wildman–Crippen MR) is 66.3 cm³/mol. The van der Waals surface area contributed by atoms with Gasteiger partial charge in [-0.05, 0) is 6.92 Å². The number of nitrogens with two attached hydrogens (primary N) is 1. The fourth-order valence-electron chi connectivity index (χ4n) is 1.04. The zero-order chi connectivity index (χ0) is 13.5. The molecule has 1 rings (SSSR count). The second-order valence-electron chi connectivity index (χ2n) is 3.36. The summed E-state index contributed by atoms with van der Waals surface area (Å²) in [7, 11) is 1.28. The van der Waals surface area contributed by atoms with Gasteiger partial charge >= 0.3 is 5.97 Å². The van der Waals surface area contributed by atoms with Gasteiger partial charge in [-0.15, -0.1) is 11.3 Å². The first-order valence-corrected chi connectivity index (χ1v) is 5.92. The Morgan fingerprint density at radius 1 is 1.72 bits per heavy atom. The lowest BCUT2D eigenvalue weighted by Gasteiger charge is -2.07. The van der Waals surface area contributed by atoms with Gasteiger partial charge in [-0.2, -0.15) is 0 Å². The summed E-state index contributed by atoms with van der Waals surface area (Å²) in [5.41, 5.74) is 5.82. The molecule has 18 heavy (non-hydrogen) atoms. The number of ether oxygens (including phenoxy) is 1. The highest BCUT2D eigenvalue weighted by Crippen LogP contribution is 2.12. The smallest absolute Gasteiger partial charge is 0.309 e. The Morgan fingerprint density at radius 3 is 2.94 bits per heavy atom. The number of hydrogen-bond acceptors (Lipinski definition) is 8. The number of aldehydes is 1. The minimum absolute atomic E-state index is 0.0275. The summed E-state index contributed by atoms with van der Waals surface area (Å²) in [5, 5.41) is 5.57. The van der Waals surface area contributed by atoms with E-state index < -0.39 is 12.1 Å². The standard InChI is InChI=1S/C10H13N3O4S/c1-6(3-9(15)16-2)17-13-7(4-14)8-5-18-10(11)12-8/h4-6H,3H2,1-2H3,(H2,11,12). The van der Waals surface area contributed by atoms with Gasteiger partial charge in [-0.1, -0.05) is 5.16 Å². The van der Waals surface area contributed by atoms with Gasteiger partial charge in [0.05, 0.1) is 13.5 Å². The van der Waals surface area contributed by atoms with Crippen LogP contribution in [0, 0.1) is 0 Å². The van der Waals surface area contributed by atoms with Crippen LogP contribution < -0.4 is 5.73 Å². The summed E-state index contributed by atoms with van der Waals surface area (Å²) in [4.78, 5) is 30.7. The Balaban J connectivity index is 2.63. The van der Waals surface area contributed by atoms with Crippen LogP contribution in [0.5, 0.6) is 0 Å². The van der Waals surface area contributed by atoms with Gasteiger partial charge in [-0.3, -0.25) is 9.59 Å². The SMILES string of the molecule is COC(=O)CC(C)ON=C(C=O)c1csc(N)n1. The van der Waals surface area contributed by atoms with Crippen LogP contribution in [0.3, 0.4) is 0 Å². The molecule has 1 atom stereocenters. The van der Waals surface area contributed by atoms with E-state index in [1.54, 1.807) is 12.3 Å². The fourth-order valence-corrected chi connectivity index (χ4v) is 1.59. The minimum atomic E-state index is -0.497. The molecule has 0 radical (unpaired) electrons. The summed E-state index contributed by atoms with van der Waals surface area (Å²) in [6, 6.07) is 0. The van der Waals surface area contributed by atoms with Crippen LogP contribution in [0.25, 0.3) is 0 Å². The molecule has 0 aliphatic rings. The summed E-state index contributed by atoms with van der Waals surface area (Å²) in [6.07, 6.45) is 0.0633. The van der Waals surface area contributed by atoms with Crippen LogP contribution in [0.1, 0.15) is 19.0 Å². The van der Waals surface area contributed by atoms with Crippen LogP contribution in [0.15, 0.2) is 10.5 Å². The Hall–Kier alpha value is -1.96. The quantitative estimate of drug-likeness (QED) is 0.351. The molecule has 0 spiro atoms. The van der Waals surface area contributed by atoms with E-state index >= 15 is 0 Å². The zero-order valence-corrected chi connectivity index (χ0v) is 10.8. The molecule has 1 aromatic rings. The molecule has 8 heteroatoms. The van der Waals surface area contributed by atoms with E-state index in [0.29, 0.717) is 17.1 Å². The zero-order valence-electron chi connectivity index (χ0n) is 9.95. The maximum absolute atomic E-state index is 11.0. The number of nitrogens with zero attached hydrogens (tertiary/aromatic N) is 2. The van der Waals surface area contributed by atoms with Crippen molar-refractivity contribution in [3.8, 4) is 0 Å². The van der Waals surface area contributed by atoms with Crippen LogP contribution in [-0.4, -0.2) is 36.2 Å². The van der Waals surface area contributed by atoms with Gasteiger partial charge in [0.1, 0.15) is 11.8 Å². The normalized spacial score (nSPS) is 12.9. The number of esters is 1. The summed E-state index contributed by atoms with van der Waals surface area (Å²) in [6.45, 7) is 1.64. The number of thiazole rings is 1. The van der Waals surface area contributed by atoms with Crippen molar-refractivity contribution in [2.75, 3.05) is 12.8 Å². The Morgan fingerprint density at radius 2 is 2.44 bits per heavy atom. The number of carbonyl (C=O) groups excluding carboxylic acids is 2. The summed E-state index contributed by atoms with van der Waals surface area (Å²) in [5.74, 6) is -0.414. The van der Waals surface area contributed by atoms with Crippen LogP contribution in [0.4, 0.5) is 5.13 Å². The Labute approximate surface area is 108 Å². The highest BCUT2D eigenvalue weighted by Gasteiger charge is 2.12. The lowest BCUT2D eigenvalue weighted by Crippen LogP contribution is -2.14. The van der Waals surface area contributed by atoms with Gasteiger partial charge in [0, 0.05) is 5.38 Å². The molecule has 2 N–H and O–H groups in total. The molecule has 0 aromatic carbocycles. The molecule has 1 aromatic heterocycles. The molecule has 0 saturated carbocycles. The van der Waals surface area contributed by atoms with E-state index in [0.717, 1.165) is 0 Å². The van der Waals surface area contributed by atoms with Crippen LogP contribution >= 0.6 is 11.3 Å². The first-order valence-electron chi connectivity index (χ1n) is 5.04. The van der Waals surface area contributed by atoms with Gasteiger partial charge < -0.3 is 15.3 Å². The van der Waals surface area contributed by atoms with Crippen molar-refractivity contribution in [1.82, 2.24) is 4.98 Å². The highest BCUT2D eigenvalue weighted by atomic mass is 32.1. The third-order valence-electron chi connectivity index (χ3n) is 1.91. The molecular formula is C10H13N3O4S.